The Kier molecular flexibility index (Phi) is 5.49. The van der Waals surface area contributed by atoms with Gasteiger partial charge in [0.05, 0.1) is 0 Å². The van der Waals surface area contributed by atoms with Gasteiger partial charge in [-0.1, -0.05) is 6.07 Å². The Hall–Kier alpha value is -0.970. The van der Waals surface area contributed by atoms with E-state index in [1.54, 1.807) is 0 Å². The molecule has 3 aliphatic rings. The molecule has 23 heavy (non-hydrogen) atoms. The molecule has 0 bridgehead atoms. The number of hydrogen-bond acceptors (Lipinski definition) is 3. The summed E-state index contributed by atoms with van der Waals surface area (Å²) >= 11 is 0. The van der Waals surface area contributed by atoms with Crippen LogP contribution in [-0.2, 0) is 11.2 Å². The third-order valence-corrected chi connectivity index (χ3v) is 5.64. The quantitative estimate of drug-likeness (QED) is 0.759. The highest BCUT2D eigenvalue weighted by atomic mass is 35.5. The van der Waals surface area contributed by atoms with Crippen LogP contribution in [0.3, 0.4) is 0 Å². The van der Waals surface area contributed by atoms with E-state index in [1.807, 2.05) is 17.0 Å². The molecule has 1 atom stereocenters. The van der Waals surface area contributed by atoms with E-state index in [4.69, 9.17) is 5.73 Å². The summed E-state index contributed by atoms with van der Waals surface area (Å²) in [6.45, 7) is 2.97. The first-order chi connectivity index (χ1) is 10.2. The Morgan fingerprint density at radius 2 is 2.00 bits per heavy atom. The van der Waals surface area contributed by atoms with E-state index in [0.29, 0.717) is 11.3 Å². The number of nitrogens with two attached hydrogens (primary N) is 1. The maximum absolute atomic E-state index is 13.0. The van der Waals surface area contributed by atoms with E-state index in [9.17, 15) is 4.79 Å². The molecule has 1 spiro atoms. The Morgan fingerprint density at radius 3 is 2.74 bits per heavy atom. The van der Waals surface area contributed by atoms with Crippen LogP contribution >= 0.6 is 24.8 Å². The van der Waals surface area contributed by atoms with Gasteiger partial charge in [0.2, 0.25) is 5.91 Å². The molecule has 1 saturated heterocycles. The number of fused-ring (bicyclic) bond motifs is 1. The molecular weight excluding hydrogens is 333 g/mol. The van der Waals surface area contributed by atoms with Gasteiger partial charge in [-0.25, -0.2) is 0 Å². The van der Waals surface area contributed by atoms with Gasteiger partial charge in [0.1, 0.15) is 0 Å². The molecule has 6 heteroatoms. The first kappa shape index (κ1) is 18.4. The van der Waals surface area contributed by atoms with Crippen LogP contribution in [0.4, 0.5) is 11.4 Å². The minimum atomic E-state index is 0. The SMILES string of the molecule is Cl.Cl.Nc1cccc2c1CCCN2C(=O)C1CC12CCNCC2. The van der Waals surface area contributed by atoms with Gasteiger partial charge in [-0.3, -0.25) is 4.79 Å². The fourth-order valence-corrected chi connectivity index (χ4v) is 4.24. The van der Waals surface area contributed by atoms with Crippen LogP contribution in [0.15, 0.2) is 18.2 Å². The summed E-state index contributed by atoms with van der Waals surface area (Å²) in [5.74, 6) is 0.579. The average Bonchev–Trinajstić information content (AvgIpc) is 3.20. The zero-order valence-electron chi connectivity index (χ0n) is 13.2. The molecule has 2 aliphatic heterocycles. The molecule has 4 nitrogen and oxygen atoms in total. The van der Waals surface area contributed by atoms with Crippen molar-refractivity contribution in [3.63, 3.8) is 0 Å². The molecule has 3 N–H and O–H groups in total. The van der Waals surface area contributed by atoms with E-state index in [1.165, 1.54) is 0 Å². The van der Waals surface area contributed by atoms with Crippen molar-refractivity contribution in [1.82, 2.24) is 5.32 Å². The zero-order valence-corrected chi connectivity index (χ0v) is 14.8. The van der Waals surface area contributed by atoms with Crippen molar-refractivity contribution in [2.75, 3.05) is 30.3 Å². The molecule has 1 aromatic carbocycles. The van der Waals surface area contributed by atoms with Crippen LogP contribution in [0.25, 0.3) is 0 Å². The van der Waals surface area contributed by atoms with Crippen molar-refractivity contribution in [2.24, 2.45) is 11.3 Å². The lowest BCUT2D eigenvalue weighted by atomic mass is 9.91. The summed E-state index contributed by atoms with van der Waals surface area (Å²) in [5.41, 5.74) is 9.44. The van der Waals surface area contributed by atoms with Crippen LogP contribution in [0.2, 0.25) is 0 Å². The van der Waals surface area contributed by atoms with Crippen LogP contribution in [0.5, 0.6) is 0 Å². The van der Waals surface area contributed by atoms with Gasteiger partial charge in [0.25, 0.3) is 0 Å². The van der Waals surface area contributed by atoms with Crippen LogP contribution < -0.4 is 16.0 Å². The van der Waals surface area contributed by atoms with Crippen molar-refractivity contribution in [3.8, 4) is 0 Å². The number of hydrogen-bond donors (Lipinski definition) is 2. The number of nitrogens with zero attached hydrogens (tertiary/aromatic N) is 1. The summed E-state index contributed by atoms with van der Waals surface area (Å²) in [6.07, 6.45) is 5.41. The highest BCUT2D eigenvalue weighted by Crippen LogP contribution is 2.59. The number of carbonyl (C=O) groups excluding carboxylic acids is 1. The predicted molar refractivity (Wildman–Crippen MR) is 98.7 cm³/mol. The Bertz CT molecular complexity index is 587. The highest BCUT2D eigenvalue weighted by molar-refractivity contribution is 5.99. The number of benzene rings is 1. The highest BCUT2D eigenvalue weighted by Gasteiger charge is 2.58. The molecular formula is C17H25Cl2N3O. The largest absolute Gasteiger partial charge is 0.398 e. The number of halogens is 2. The molecule has 1 amide bonds. The first-order valence-corrected chi connectivity index (χ1v) is 8.11. The maximum Gasteiger partial charge on any atom is 0.230 e. The van der Waals surface area contributed by atoms with Crippen molar-refractivity contribution in [1.29, 1.82) is 0 Å². The molecule has 1 unspecified atom stereocenters. The van der Waals surface area contributed by atoms with Crippen molar-refractivity contribution < 1.29 is 4.79 Å². The third-order valence-electron chi connectivity index (χ3n) is 5.64. The van der Waals surface area contributed by atoms with E-state index in [-0.39, 0.29) is 30.7 Å². The lowest BCUT2D eigenvalue weighted by Gasteiger charge is -2.32. The predicted octanol–water partition coefficient (Wildman–Crippen LogP) is 2.78. The molecule has 2 heterocycles. The molecule has 1 aliphatic carbocycles. The topological polar surface area (TPSA) is 58.4 Å². The summed E-state index contributed by atoms with van der Waals surface area (Å²) in [7, 11) is 0. The molecule has 0 radical (unpaired) electrons. The van der Waals surface area contributed by atoms with Gasteiger partial charge in [0.15, 0.2) is 0 Å². The van der Waals surface area contributed by atoms with E-state index in [0.717, 1.165) is 68.7 Å². The van der Waals surface area contributed by atoms with Gasteiger partial charge < -0.3 is 16.0 Å². The first-order valence-electron chi connectivity index (χ1n) is 8.11. The van der Waals surface area contributed by atoms with Gasteiger partial charge in [-0.05, 0) is 68.3 Å². The number of nitrogens with one attached hydrogen (secondary N) is 1. The van der Waals surface area contributed by atoms with Crippen LogP contribution in [0.1, 0.15) is 31.2 Å². The lowest BCUT2D eigenvalue weighted by Crippen LogP contribution is -2.39. The maximum atomic E-state index is 13.0. The van der Waals surface area contributed by atoms with E-state index < -0.39 is 0 Å². The summed E-state index contributed by atoms with van der Waals surface area (Å²) in [6, 6.07) is 5.96. The second-order valence-electron chi connectivity index (χ2n) is 6.81. The zero-order chi connectivity index (χ0) is 14.4. The van der Waals surface area contributed by atoms with Crippen LogP contribution in [0, 0.1) is 11.3 Å². The lowest BCUT2D eigenvalue weighted by molar-refractivity contribution is -0.120. The van der Waals surface area contributed by atoms with E-state index >= 15 is 0 Å². The average molecular weight is 358 g/mol. The van der Waals surface area contributed by atoms with Crippen molar-refractivity contribution >= 4 is 42.1 Å². The third kappa shape index (κ3) is 3.04. The molecule has 2 fully saturated rings. The molecule has 4 rings (SSSR count). The fourth-order valence-electron chi connectivity index (χ4n) is 4.24. The minimum absolute atomic E-state index is 0. The van der Waals surface area contributed by atoms with Gasteiger partial charge in [-0.2, -0.15) is 0 Å². The number of rotatable bonds is 1. The number of amides is 1. The molecule has 128 valence electrons. The van der Waals surface area contributed by atoms with E-state index in [2.05, 4.69) is 11.4 Å². The van der Waals surface area contributed by atoms with Crippen molar-refractivity contribution in [2.45, 2.75) is 32.1 Å². The van der Waals surface area contributed by atoms with Crippen molar-refractivity contribution in [3.05, 3.63) is 23.8 Å². The van der Waals surface area contributed by atoms with Gasteiger partial charge in [-0.15, -0.1) is 24.8 Å². The summed E-state index contributed by atoms with van der Waals surface area (Å²) < 4.78 is 0. The standard InChI is InChI=1S/C17H23N3O.2ClH/c18-14-4-1-5-15-12(14)3-2-10-20(15)16(21)13-11-17(13)6-8-19-9-7-17;;/h1,4-5,13,19H,2-3,6-11,18H2;2*1H. The fraction of sp³-hybridized carbons (Fsp3) is 0.588. The van der Waals surface area contributed by atoms with Gasteiger partial charge in [0, 0.05) is 23.8 Å². The second kappa shape index (κ2) is 6.88. The van der Waals surface area contributed by atoms with Gasteiger partial charge >= 0.3 is 0 Å². The summed E-state index contributed by atoms with van der Waals surface area (Å²) in [5, 5.41) is 3.40. The monoisotopic (exact) mass is 357 g/mol. The summed E-state index contributed by atoms with van der Waals surface area (Å²) in [4.78, 5) is 15.0. The second-order valence-corrected chi connectivity index (χ2v) is 6.81. The Balaban J connectivity index is 0.000000960. The number of piperidine rings is 1. The smallest absolute Gasteiger partial charge is 0.230 e. The minimum Gasteiger partial charge on any atom is -0.398 e. The molecule has 1 aromatic rings. The normalized spacial score (nSPS) is 24.2. The molecule has 0 aromatic heterocycles. The Labute approximate surface area is 150 Å². The number of anilines is 2. The van der Waals surface area contributed by atoms with Crippen LogP contribution in [-0.4, -0.2) is 25.5 Å². The Morgan fingerprint density at radius 1 is 1.26 bits per heavy atom. The molecule has 1 saturated carbocycles. The number of nitrogen functional groups attached to an aromatic ring is 1. The number of carbonyl (C=O) groups is 1.